The summed E-state index contributed by atoms with van der Waals surface area (Å²) in [5.74, 6) is 0. The van der Waals surface area contributed by atoms with Crippen LogP contribution >= 0.6 is 0 Å². The Morgan fingerprint density at radius 2 is 1.88 bits per heavy atom. The molecule has 4 rings (SSSR count). The third kappa shape index (κ3) is 2.68. The molecule has 1 aliphatic heterocycles. The van der Waals surface area contributed by atoms with Crippen LogP contribution in [0.3, 0.4) is 0 Å². The molecule has 1 heterocycles. The van der Waals surface area contributed by atoms with Gasteiger partial charge in [0.1, 0.15) is 0 Å². The van der Waals surface area contributed by atoms with Crippen LogP contribution in [0, 0.1) is 6.92 Å². The monoisotopic (exact) mass is 373 g/mol. The van der Waals surface area contributed by atoms with E-state index in [0.717, 1.165) is 23.1 Å². The van der Waals surface area contributed by atoms with Gasteiger partial charge >= 0.3 is 0 Å². The fourth-order valence-corrected chi connectivity index (χ4v) is 5.56. The molecule has 5 nitrogen and oxygen atoms in total. The van der Waals surface area contributed by atoms with E-state index in [-0.39, 0.29) is 10.9 Å². The first kappa shape index (κ1) is 17.7. The van der Waals surface area contributed by atoms with E-state index in [9.17, 15) is 18.1 Å². The molecule has 0 spiro atoms. The van der Waals surface area contributed by atoms with Crippen molar-refractivity contribution in [2.75, 3.05) is 0 Å². The molecule has 0 saturated heterocycles. The molecule has 138 valence electrons. The van der Waals surface area contributed by atoms with Crippen LogP contribution in [0.4, 0.5) is 0 Å². The van der Waals surface area contributed by atoms with Gasteiger partial charge in [0.2, 0.25) is 0 Å². The number of rotatable bonds is 2. The summed E-state index contributed by atoms with van der Waals surface area (Å²) in [6, 6.07) is 13.0. The maximum Gasteiger partial charge on any atom is 0.294 e. The van der Waals surface area contributed by atoms with Crippen LogP contribution in [0.2, 0.25) is 0 Å². The van der Waals surface area contributed by atoms with E-state index in [0.29, 0.717) is 24.9 Å². The number of fused-ring (bicyclic) bond motifs is 3. The van der Waals surface area contributed by atoms with E-state index in [1.807, 2.05) is 37.3 Å². The van der Waals surface area contributed by atoms with Crippen molar-refractivity contribution in [3.63, 3.8) is 0 Å². The third-order valence-electron chi connectivity index (χ3n) is 5.87. The number of benzene rings is 2. The van der Waals surface area contributed by atoms with E-state index in [1.165, 1.54) is 6.07 Å². The van der Waals surface area contributed by atoms with Crippen molar-refractivity contribution < 1.29 is 18.1 Å². The molecule has 1 saturated carbocycles. The molecule has 1 aliphatic carbocycles. The summed E-state index contributed by atoms with van der Waals surface area (Å²) >= 11 is 0. The Morgan fingerprint density at radius 1 is 1.12 bits per heavy atom. The second-order valence-electron chi connectivity index (χ2n) is 7.47. The zero-order chi connectivity index (χ0) is 18.5. The molecular formula is C20H23NO4S. The van der Waals surface area contributed by atoms with Crippen LogP contribution in [0.15, 0.2) is 47.4 Å². The molecule has 26 heavy (non-hydrogen) atoms. The van der Waals surface area contributed by atoms with E-state index in [1.54, 1.807) is 6.07 Å². The van der Waals surface area contributed by atoms with Gasteiger partial charge in [0.25, 0.3) is 10.1 Å². The highest BCUT2D eigenvalue weighted by Gasteiger charge is 2.50. The average Bonchev–Trinajstić information content (AvgIpc) is 2.60. The molecule has 0 aromatic heterocycles. The average molecular weight is 373 g/mol. The fraction of sp³-hybridized carbons (Fsp3) is 0.400. The standard InChI is InChI=1S/C20H23NO4S/c1-13-6-8-18(26(23,24)25)17(10-13)20-11-15(22)7-9-19(20)21-12-14-4-2-3-5-16(14)20/h2-6,8,10,15,19,21-22H,7,9,11-12H2,1H3,(H,23,24,25). The largest absolute Gasteiger partial charge is 0.393 e. The van der Waals surface area contributed by atoms with Gasteiger partial charge in [-0.25, -0.2) is 0 Å². The first-order valence-electron chi connectivity index (χ1n) is 8.91. The summed E-state index contributed by atoms with van der Waals surface area (Å²) in [6.07, 6.45) is 1.32. The van der Waals surface area contributed by atoms with Crippen molar-refractivity contribution >= 4 is 10.1 Å². The van der Waals surface area contributed by atoms with Gasteiger partial charge in [-0.15, -0.1) is 0 Å². The highest BCUT2D eigenvalue weighted by Crippen LogP contribution is 2.50. The molecule has 0 amide bonds. The molecule has 3 N–H and O–H groups in total. The summed E-state index contributed by atoms with van der Waals surface area (Å²) in [6.45, 7) is 2.62. The third-order valence-corrected chi connectivity index (χ3v) is 6.78. The number of hydrogen-bond acceptors (Lipinski definition) is 4. The summed E-state index contributed by atoms with van der Waals surface area (Å²) in [4.78, 5) is -0.0688. The fourth-order valence-electron chi connectivity index (χ4n) is 4.80. The van der Waals surface area contributed by atoms with Gasteiger partial charge < -0.3 is 10.4 Å². The minimum absolute atomic E-state index is 0.00287. The Hall–Kier alpha value is -1.73. The smallest absolute Gasteiger partial charge is 0.294 e. The van der Waals surface area contributed by atoms with Crippen molar-refractivity contribution in [3.8, 4) is 0 Å². The number of aryl methyl sites for hydroxylation is 1. The number of hydrogen-bond donors (Lipinski definition) is 3. The maximum absolute atomic E-state index is 12.1. The van der Waals surface area contributed by atoms with Crippen molar-refractivity contribution in [3.05, 3.63) is 64.7 Å². The van der Waals surface area contributed by atoms with Crippen molar-refractivity contribution in [2.24, 2.45) is 0 Å². The Bertz CT molecular complexity index is 956. The summed E-state index contributed by atoms with van der Waals surface area (Å²) in [7, 11) is -4.38. The van der Waals surface area contributed by atoms with Gasteiger partial charge in [-0.2, -0.15) is 8.42 Å². The quantitative estimate of drug-likeness (QED) is 0.705. The minimum Gasteiger partial charge on any atom is -0.393 e. The Kier molecular flexibility index (Phi) is 4.19. The van der Waals surface area contributed by atoms with Gasteiger partial charge in [0.05, 0.1) is 11.0 Å². The number of aliphatic hydroxyl groups excluding tert-OH is 1. The van der Waals surface area contributed by atoms with Crippen LogP contribution in [-0.2, 0) is 22.1 Å². The Morgan fingerprint density at radius 3 is 2.65 bits per heavy atom. The van der Waals surface area contributed by atoms with Crippen molar-refractivity contribution in [2.45, 2.75) is 55.2 Å². The molecule has 3 unspecified atom stereocenters. The first-order valence-corrected chi connectivity index (χ1v) is 10.3. The van der Waals surface area contributed by atoms with Crippen LogP contribution < -0.4 is 5.32 Å². The van der Waals surface area contributed by atoms with Crippen LogP contribution in [0.1, 0.15) is 41.5 Å². The van der Waals surface area contributed by atoms with Gasteiger partial charge in [0.15, 0.2) is 0 Å². The van der Waals surface area contributed by atoms with Gasteiger partial charge in [0, 0.05) is 18.0 Å². The molecule has 1 fully saturated rings. The molecule has 0 radical (unpaired) electrons. The van der Waals surface area contributed by atoms with Crippen LogP contribution in [-0.4, -0.2) is 30.2 Å². The topological polar surface area (TPSA) is 86.6 Å². The van der Waals surface area contributed by atoms with Crippen molar-refractivity contribution in [1.29, 1.82) is 0 Å². The molecule has 6 heteroatoms. The summed E-state index contributed by atoms with van der Waals surface area (Å²) in [5.41, 5.74) is 2.94. The zero-order valence-corrected chi connectivity index (χ0v) is 15.5. The lowest BCUT2D eigenvalue weighted by atomic mass is 9.59. The minimum atomic E-state index is -4.38. The first-order chi connectivity index (χ1) is 12.3. The second kappa shape index (κ2) is 6.16. The Labute approximate surface area is 153 Å². The predicted octanol–water partition coefficient (Wildman–Crippen LogP) is 2.54. The Balaban J connectivity index is 2.07. The van der Waals surface area contributed by atoms with E-state index >= 15 is 0 Å². The molecule has 2 aromatic rings. The number of nitrogens with one attached hydrogen (secondary N) is 1. The molecule has 2 aromatic carbocycles. The van der Waals surface area contributed by atoms with Crippen LogP contribution in [0.5, 0.6) is 0 Å². The van der Waals surface area contributed by atoms with Crippen molar-refractivity contribution in [1.82, 2.24) is 5.32 Å². The molecule has 2 aliphatic rings. The maximum atomic E-state index is 12.1. The zero-order valence-electron chi connectivity index (χ0n) is 14.6. The summed E-state index contributed by atoms with van der Waals surface area (Å²) in [5, 5.41) is 14.1. The van der Waals surface area contributed by atoms with Gasteiger partial charge in [-0.3, -0.25) is 4.55 Å². The van der Waals surface area contributed by atoms with Crippen LogP contribution in [0.25, 0.3) is 0 Å². The van der Waals surface area contributed by atoms with Gasteiger partial charge in [-0.05, 0) is 48.9 Å². The van der Waals surface area contributed by atoms with E-state index in [4.69, 9.17) is 0 Å². The lowest BCUT2D eigenvalue weighted by molar-refractivity contribution is 0.0709. The van der Waals surface area contributed by atoms with E-state index < -0.39 is 21.6 Å². The van der Waals surface area contributed by atoms with E-state index in [2.05, 4.69) is 5.32 Å². The highest BCUT2D eigenvalue weighted by atomic mass is 32.2. The molecular weight excluding hydrogens is 350 g/mol. The predicted molar refractivity (Wildman–Crippen MR) is 98.7 cm³/mol. The lowest BCUT2D eigenvalue weighted by Gasteiger charge is -2.51. The second-order valence-corrected chi connectivity index (χ2v) is 8.86. The normalized spacial score (nSPS) is 28.3. The molecule has 3 atom stereocenters. The summed E-state index contributed by atoms with van der Waals surface area (Å²) < 4.78 is 34.2. The number of aliphatic hydroxyl groups is 1. The molecule has 0 bridgehead atoms. The lowest BCUT2D eigenvalue weighted by Crippen LogP contribution is -2.57. The SMILES string of the molecule is Cc1ccc(S(=O)(=O)O)c(C23CC(O)CCC2NCc2ccccc23)c1. The van der Waals surface area contributed by atoms with Gasteiger partial charge in [-0.1, -0.05) is 42.0 Å². The highest BCUT2D eigenvalue weighted by molar-refractivity contribution is 7.85.